The smallest absolute Gasteiger partial charge is 0.392 e. The molecule has 0 amide bonds. The summed E-state index contributed by atoms with van der Waals surface area (Å²) in [5.74, 6) is -1.37. The third kappa shape index (κ3) is 5.94. The maximum absolute atomic E-state index is 12.0. The zero-order chi connectivity index (χ0) is 15.1. The molecule has 112 valence electrons. The maximum Gasteiger partial charge on any atom is 0.392 e. The molecule has 0 aromatic rings. The van der Waals surface area contributed by atoms with Crippen molar-refractivity contribution in [3.63, 3.8) is 0 Å². The van der Waals surface area contributed by atoms with Crippen molar-refractivity contribution in [2.45, 2.75) is 45.7 Å². The van der Waals surface area contributed by atoms with E-state index >= 15 is 0 Å². The van der Waals surface area contributed by atoms with Gasteiger partial charge in [0.25, 0.3) is 0 Å². The second kappa shape index (κ2) is 7.35. The highest BCUT2D eigenvalue weighted by Gasteiger charge is 2.39. The predicted molar refractivity (Wildman–Crippen MR) is 61.3 cm³/mol. The zero-order valence-electron chi connectivity index (χ0n) is 11.3. The minimum Gasteiger partial charge on any atom is -0.469 e. The molecule has 0 saturated heterocycles. The van der Waals surface area contributed by atoms with Crippen LogP contribution in [0.15, 0.2) is 0 Å². The highest BCUT2D eigenvalue weighted by atomic mass is 19.4. The van der Waals surface area contributed by atoms with Crippen LogP contribution in [-0.2, 0) is 19.1 Å². The van der Waals surface area contributed by atoms with E-state index in [2.05, 4.69) is 9.47 Å². The minimum atomic E-state index is -4.37. The van der Waals surface area contributed by atoms with E-state index in [0.29, 0.717) is 12.8 Å². The number of carbonyl (C=O) groups excluding carboxylic acids is 2. The molecule has 0 aliphatic heterocycles. The van der Waals surface area contributed by atoms with Crippen molar-refractivity contribution in [3.8, 4) is 0 Å². The van der Waals surface area contributed by atoms with E-state index in [1.54, 1.807) is 13.8 Å². The van der Waals surface area contributed by atoms with Gasteiger partial charge in [0.15, 0.2) is 0 Å². The lowest BCUT2D eigenvalue weighted by molar-refractivity contribution is -0.171. The van der Waals surface area contributed by atoms with Gasteiger partial charge in [-0.05, 0) is 12.8 Å². The molecule has 0 rings (SSSR count). The van der Waals surface area contributed by atoms with Crippen LogP contribution in [0.5, 0.6) is 0 Å². The van der Waals surface area contributed by atoms with Crippen molar-refractivity contribution < 1.29 is 32.2 Å². The lowest BCUT2D eigenvalue weighted by Gasteiger charge is -2.28. The van der Waals surface area contributed by atoms with Crippen LogP contribution in [0.2, 0.25) is 0 Å². The van der Waals surface area contributed by atoms with E-state index < -0.39 is 36.6 Å². The molecule has 0 heterocycles. The highest BCUT2D eigenvalue weighted by Crippen LogP contribution is 2.33. The summed E-state index contributed by atoms with van der Waals surface area (Å²) in [6.45, 7) is 2.63. The van der Waals surface area contributed by atoms with E-state index in [9.17, 15) is 22.8 Å². The molecule has 7 heteroatoms. The van der Waals surface area contributed by atoms with E-state index in [1.165, 1.54) is 7.11 Å². The van der Waals surface area contributed by atoms with Gasteiger partial charge in [-0.2, -0.15) is 13.2 Å². The molecule has 0 radical (unpaired) electrons. The van der Waals surface area contributed by atoms with Crippen LogP contribution in [0.25, 0.3) is 0 Å². The lowest BCUT2D eigenvalue weighted by Crippen LogP contribution is -2.35. The summed E-state index contributed by atoms with van der Waals surface area (Å²) in [6, 6.07) is 0. The van der Waals surface area contributed by atoms with Crippen LogP contribution in [0.3, 0.4) is 0 Å². The fraction of sp³-hybridized carbons (Fsp3) is 0.833. The number of hydrogen-bond donors (Lipinski definition) is 0. The van der Waals surface area contributed by atoms with Crippen molar-refractivity contribution in [1.29, 1.82) is 0 Å². The Morgan fingerprint density at radius 1 is 1.11 bits per heavy atom. The highest BCUT2D eigenvalue weighted by molar-refractivity contribution is 5.83. The maximum atomic E-state index is 12.0. The zero-order valence-corrected chi connectivity index (χ0v) is 11.3. The number of esters is 2. The quantitative estimate of drug-likeness (QED) is 0.675. The molecule has 0 aromatic carbocycles. The Balaban J connectivity index is 4.61. The molecule has 0 aliphatic carbocycles. The second-order valence-corrected chi connectivity index (χ2v) is 4.24. The molecule has 4 nitrogen and oxygen atoms in total. The van der Waals surface area contributed by atoms with Crippen LogP contribution >= 0.6 is 0 Å². The van der Waals surface area contributed by atoms with Crippen LogP contribution in [0, 0.1) is 5.41 Å². The summed E-state index contributed by atoms with van der Waals surface area (Å²) in [6.07, 6.45) is -5.17. The van der Waals surface area contributed by atoms with Gasteiger partial charge in [0.2, 0.25) is 0 Å². The second-order valence-electron chi connectivity index (χ2n) is 4.24. The van der Waals surface area contributed by atoms with Gasteiger partial charge in [-0.1, -0.05) is 13.8 Å². The SMILES string of the molecule is CCC(CC)(CC(=O)OC)C(=O)OCCC(F)(F)F. The summed E-state index contributed by atoms with van der Waals surface area (Å²) in [4.78, 5) is 23.1. The Morgan fingerprint density at radius 2 is 1.63 bits per heavy atom. The van der Waals surface area contributed by atoms with Crippen molar-refractivity contribution in [2.24, 2.45) is 5.41 Å². The Morgan fingerprint density at radius 3 is 2.00 bits per heavy atom. The third-order valence-corrected chi connectivity index (χ3v) is 3.12. The van der Waals surface area contributed by atoms with E-state index in [1.807, 2.05) is 0 Å². The number of methoxy groups -OCH3 is 1. The van der Waals surface area contributed by atoms with E-state index in [4.69, 9.17) is 0 Å². The van der Waals surface area contributed by atoms with Gasteiger partial charge in [0.05, 0.1) is 32.0 Å². The monoisotopic (exact) mass is 284 g/mol. The van der Waals surface area contributed by atoms with Crippen LogP contribution in [0.1, 0.15) is 39.5 Å². The molecule has 0 aromatic heterocycles. The number of rotatable bonds is 7. The van der Waals surface area contributed by atoms with Gasteiger partial charge in [-0.3, -0.25) is 9.59 Å². The first kappa shape index (κ1) is 17.7. The van der Waals surface area contributed by atoms with Crippen molar-refractivity contribution in [1.82, 2.24) is 0 Å². The Kier molecular flexibility index (Phi) is 6.86. The number of ether oxygens (including phenoxy) is 2. The lowest BCUT2D eigenvalue weighted by atomic mass is 9.79. The van der Waals surface area contributed by atoms with E-state index in [0.717, 1.165) is 0 Å². The minimum absolute atomic E-state index is 0.193. The summed E-state index contributed by atoms with van der Waals surface area (Å²) in [7, 11) is 1.19. The van der Waals surface area contributed by atoms with Crippen molar-refractivity contribution >= 4 is 11.9 Å². The molecule has 0 spiro atoms. The standard InChI is InChI=1S/C12H19F3O4/c1-4-11(5-2,8-9(16)18-3)10(17)19-7-6-12(13,14)15/h4-8H2,1-3H3. The summed E-state index contributed by atoms with van der Waals surface area (Å²) in [5, 5.41) is 0. The normalized spacial score (nSPS) is 12.1. The van der Waals surface area contributed by atoms with Gasteiger partial charge in [-0.15, -0.1) is 0 Å². The van der Waals surface area contributed by atoms with Crippen LogP contribution in [0.4, 0.5) is 13.2 Å². The van der Waals surface area contributed by atoms with Gasteiger partial charge in [0, 0.05) is 0 Å². The molecular weight excluding hydrogens is 265 g/mol. The van der Waals surface area contributed by atoms with Crippen molar-refractivity contribution in [3.05, 3.63) is 0 Å². The Hall–Kier alpha value is -1.27. The Bertz CT molecular complexity index is 309. The molecular formula is C12H19F3O4. The van der Waals surface area contributed by atoms with Crippen molar-refractivity contribution in [2.75, 3.05) is 13.7 Å². The van der Waals surface area contributed by atoms with Crippen LogP contribution in [-0.4, -0.2) is 31.8 Å². The first-order valence-corrected chi connectivity index (χ1v) is 6.01. The largest absolute Gasteiger partial charge is 0.469 e. The number of halogens is 3. The number of carbonyl (C=O) groups is 2. The average Bonchev–Trinajstić information content (AvgIpc) is 2.34. The topological polar surface area (TPSA) is 52.6 Å². The third-order valence-electron chi connectivity index (χ3n) is 3.12. The molecule has 0 bridgehead atoms. The Labute approximate surface area is 110 Å². The average molecular weight is 284 g/mol. The summed E-state index contributed by atoms with van der Waals surface area (Å²) < 4.78 is 45.0. The molecule has 0 saturated carbocycles. The number of alkyl halides is 3. The van der Waals surface area contributed by atoms with E-state index in [-0.39, 0.29) is 6.42 Å². The van der Waals surface area contributed by atoms with Gasteiger partial charge in [-0.25, -0.2) is 0 Å². The number of hydrogen-bond acceptors (Lipinski definition) is 4. The molecule has 0 atom stereocenters. The molecule has 19 heavy (non-hydrogen) atoms. The van der Waals surface area contributed by atoms with Gasteiger partial charge < -0.3 is 9.47 Å². The fourth-order valence-electron chi connectivity index (χ4n) is 1.62. The predicted octanol–water partition coefficient (Wildman–Crippen LogP) is 2.85. The summed E-state index contributed by atoms with van der Waals surface area (Å²) >= 11 is 0. The molecule has 0 unspecified atom stereocenters. The molecule has 0 aliphatic rings. The van der Waals surface area contributed by atoms with Crippen LogP contribution < -0.4 is 0 Å². The summed E-state index contributed by atoms with van der Waals surface area (Å²) in [5.41, 5.74) is -1.11. The molecule has 0 N–H and O–H groups in total. The van der Waals surface area contributed by atoms with Gasteiger partial charge >= 0.3 is 18.1 Å². The first-order valence-electron chi connectivity index (χ1n) is 6.01. The van der Waals surface area contributed by atoms with Gasteiger partial charge in [0.1, 0.15) is 0 Å². The first-order chi connectivity index (χ1) is 8.70. The fourth-order valence-corrected chi connectivity index (χ4v) is 1.62. The molecule has 0 fully saturated rings.